The third-order valence-corrected chi connectivity index (χ3v) is 1.89. The summed E-state index contributed by atoms with van der Waals surface area (Å²) in [6.45, 7) is 0. The zero-order chi connectivity index (χ0) is 10.7. The number of hydrogen-bond donors (Lipinski definition) is 2. The summed E-state index contributed by atoms with van der Waals surface area (Å²) in [7, 11) is 0. The van der Waals surface area contributed by atoms with Crippen LogP contribution in [0.25, 0.3) is 0 Å². The van der Waals surface area contributed by atoms with Gasteiger partial charge in [0.05, 0.1) is 6.42 Å². The number of carbonyl (C=O) groups is 1. The lowest BCUT2D eigenvalue weighted by atomic mass is 10.0. The second kappa shape index (κ2) is 4.15. The molecule has 0 aliphatic heterocycles. The van der Waals surface area contributed by atoms with Crippen molar-refractivity contribution < 1.29 is 14.3 Å². The molecule has 5 heteroatoms. The average Bonchev–Trinajstić information content (AvgIpc) is 2.01. The van der Waals surface area contributed by atoms with Crippen molar-refractivity contribution in [2.75, 3.05) is 0 Å². The molecular weight excluding hydrogens is 205 g/mol. The van der Waals surface area contributed by atoms with Crippen molar-refractivity contribution >= 4 is 23.2 Å². The molecule has 0 radical (unpaired) electrons. The Morgan fingerprint density at radius 3 is 2.71 bits per heavy atom. The normalized spacial score (nSPS) is 9.79. The summed E-state index contributed by atoms with van der Waals surface area (Å²) in [6, 6.07) is 4.11. The van der Waals surface area contributed by atoms with Crippen LogP contribution < -0.4 is 5.73 Å². The molecule has 1 aromatic rings. The van der Waals surface area contributed by atoms with Gasteiger partial charge in [0.2, 0.25) is 0 Å². The number of nitrogens with two attached hydrogens (primary N) is 1. The van der Waals surface area contributed by atoms with Gasteiger partial charge in [-0.1, -0.05) is 24.4 Å². The highest BCUT2D eigenvalue weighted by molar-refractivity contribution is 7.80. The summed E-state index contributed by atoms with van der Waals surface area (Å²) in [5.41, 5.74) is 5.60. The number of rotatable bonds is 3. The van der Waals surface area contributed by atoms with Gasteiger partial charge in [0, 0.05) is 5.56 Å². The van der Waals surface area contributed by atoms with Gasteiger partial charge in [0.1, 0.15) is 10.8 Å². The minimum absolute atomic E-state index is 0.0184. The van der Waals surface area contributed by atoms with E-state index in [1.165, 1.54) is 18.2 Å². The van der Waals surface area contributed by atoms with Crippen LogP contribution in [-0.2, 0) is 11.2 Å². The Kier molecular flexibility index (Phi) is 3.14. The third-order valence-electron chi connectivity index (χ3n) is 1.69. The van der Waals surface area contributed by atoms with Crippen LogP contribution in [0.1, 0.15) is 11.1 Å². The molecule has 0 saturated carbocycles. The monoisotopic (exact) mass is 213 g/mol. The molecule has 0 atom stereocenters. The molecule has 74 valence electrons. The zero-order valence-corrected chi connectivity index (χ0v) is 7.97. The molecule has 0 aromatic heterocycles. The minimum Gasteiger partial charge on any atom is -0.481 e. The maximum Gasteiger partial charge on any atom is 0.307 e. The third kappa shape index (κ3) is 2.26. The van der Waals surface area contributed by atoms with Gasteiger partial charge in [-0.25, -0.2) is 4.39 Å². The number of carboxylic acid groups (broad SMARTS) is 1. The largest absolute Gasteiger partial charge is 0.481 e. The minimum atomic E-state index is -1.05. The number of hydrogen-bond acceptors (Lipinski definition) is 2. The topological polar surface area (TPSA) is 63.3 Å². The van der Waals surface area contributed by atoms with Crippen LogP contribution in [0.3, 0.4) is 0 Å². The Bertz CT molecular complexity index is 392. The van der Waals surface area contributed by atoms with Crippen molar-refractivity contribution in [2.45, 2.75) is 6.42 Å². The predicted molar refractivity (Wildman–Crippen MR) is 53.6 cm³/mol. The van der Waals surface area contributed by atoms with Crippen molar-refractivity contribution in [3.8, 4) is 0 Å². The summed E-state index contributed by atoms with van der Waals surface area (Å²) < 4.78 is 13.2. The van der Waals surface area contributed by atoms with E-state index in [9.17, 15) is 9.18 Å². The molecule has 0 amide bonds. The maximum atomic E-state index is 13.2. The van der Waals surface area contributed by atoms with Crippen LogP contribution in [0, 0.1) is 5.82 Å². The highest BCUT2D eigenvalue weighted by Crippen LogP contribution is 2.14. The fraction of sp³-hybridized carbons (Fsp3) is 0.111. The molecule has 0 spiro atoms. The summed E-state index contributed by atoms with van der Waals surface area (Å²) in [4.78, 5) is 10.3. The molecule has 3 N–H and O–H groups in total. The maximum absolute atomic E-state index is 13.2. The summed E-state index contributed by atoms with van der Waals surface area (Å²) in [5, 5.41) is 8.56. The van der Waals surface area contributed by atoms with Gasteiger partial charge in [-0.3, -0.25) is 4.79 Å². The van der Waals surface area contributed by atoms with Crippen molar-refractivity contribution in [1.29, 1.82) is 0 Å². The van der Waals surface area contributed by atoms with Gasteiger partial charge in [-0.15, -0.1) is 0 Å². The molecule has 14 heavy (non-hydrogen) atoms. The van der Waals surface area contributed by atoms with Gasteiger partial charge in [-0.05, 0) is 11.6 Å². The molecule has 0 unspecified atom stereocenters. The van der Waals surface area contributed by atoms with Crippen LogP contribution in [0.15, 0.2) is 18.2 Å². The van der Waals surface area contributed by atoms with Gasteiger partial charge >= 0.3 is 5.97 Å². The first-order valence-electron chi connectivity index (χ1n) is 3.81. The lowest BCUT2D eigenvalue weighted by molar-refractivity contribution is -0.136. The molecular formula is C9H8FNO2S. The first-order chi connectivity index (χ1) is 6.52. The molecule has 1 aromatic carbocycles. The fourth-order valence-electron chi connectivity index (χ4n) is 1.15. The van der Waals surface area contributed by atoms with Crippen LogP contribution in [-0.4, -0.2) is 16.1 Å². The Labute approximate surface area is 85.3 Å². The highest BCUT2D eigenvalue weighted by atomic mass is 32.1. The molecule has 0 saturated heterocycles. The number of halogens is 1. The lowest BCUT2D eigenvalue weighted by Gasteiger charge is -2.06. The van der Waals surface area contributed by atoms with Crippen LogP contribution in [0.5, 0.6) is 0 Å². The Morgan fingerprint density at radius 2 is 2.21 bits per heavy atom. The average molecular weight is 213 g/mol. The number of aliphatic carboxylic acids is 1. The highest BCUT2D eigenvalue weighted by Gasteiger charge is 2.12. The van der Waals surface area contributed by atoms with Crippen LogP contribution in [0.4, 0.5) is 4.39 Å². The first-order valence-corrected chi connectivity index (χ1v) is 4.22. The van der Waals surface area contributed by atoms with Gasteiger partial charge in [0.25, 0.3) is 0 Å². The van der Waals surface area contributed by atoms with E-state index >= 15 is 0 Å². The molecule has 0 aliphatic carbocycles. The van der Waals surface area contributed by atoms with E-state index in [4.69, 9.17) is 10.8 Å². The van der Waals surface area contributed by atoms with E-state index in [1.807, 2.05) is 0 Å². The van der Waals surface area contributed by atoms with Crippen LogP contribution >= 0.6 is 12.2 Å². The molecule has 0 bridgehead atoms. The molecule has 0 aliphatic rings. The Balaban J connectivity index is 3.21. The quantitative estimate of drug-likeness (QED) is 0.738. The zero-order valence-electron chi connectivity index (χ0n) is 7.16. The van der Waals surface area contributed by atoms with E-state index in [0.717, 1.165) is 0 Å². The standard InChI is InChI=1S/C9H8FNO2S/c10-6-3-1-2-5(4-7(12)13)8(6)9(11)14/h1-3H,4H2,(H2,11,14)(H,12,13). The van der Waals surface area contributed by atoms with E-state index in [1.54, 1.807) is 0 Å². The summed E-state index contributed by atoms with van der Waals surface area (Å²) in [5.74, 6) is -1.63. The number of thiocarbonyl (C=S) groups is 1. The van der Waals surface area contributed by atoms with Crippen molar-refractivity contribution in [2.24, 2.45) is 5.73 Å². The molecule has 0 fully saturated rings. The van der Waals surface area contributed by atoms with Gasteiger partial charge < -0.3 is 10.8 Å². The van der Waals surface area contributed by atoms with E-state index in [0.29, 0.717) is 5.56 Å². The summed E-state index contributed by atoms with van der Waals surface area (Å²) >= 11 is 4.63. The van der Waals surface area contributed by atoms with Crippen LogP contribution in [0.2, 0.25) is 0 Å². The smallest absolute Gasteiger partial charge is 0.307 e. The van der Waals surface area contributed by atoms with Crippen molar-refractivity contribution in [3.63, 3.8) is 0 Å². The van der Waals surface area contributed by atoms with Gasteiger partial charge in [0.15, 0.2) is 0 Å². The Morgan fingerprint density at radius 1 is 1.57 bits per heavy atom. The second-order valence-electron chi connectivity index (χ2n) is 2.71. The molecule has 1 rings (SSSR count). The molecule has 0 heterocycles. The SMILES string of the molecule is NC(=S)c1c(F)cccc1CC(=O)O. The number of carboxylic acids is 1. The number of benzene rings is 1. The summed E-state index contributed by atoms with van der Waals surface area (Å²) in [6.07, 6.45) is -0.287. The van der Waals surface area contributed by atoms with E-state index in [-0.39, 0.29) is 17.0 Å². The lowest BCUT2D eigenvalue weighted by Crippen LogP contribution is -2.16. The Hall–Kier alpha value is -1.49. The van der Waals surface area contributed by atoms with Crippen molar-refractivity contribution in [1.82, 2.24) is 0 Å². The predicted octanol–water partition coefficient (Wildman–Crippen LogP) is 1.09. The van der Waals surface area contributed by atoms with Crippen molar-refractivity contribution in [3.05, 3.63) is 35.1 Å². The van der Waals surface area contributed by atoms with Gasteiger partial charge in [-0.2, -0.15) is 0 Å². The fourth-order valence-corrected chi connectivity index (χ4v) is 1.38. The van der Waals surface area contributed by atoms with E-state index < -0.39 is 11.8 Å². The van der Waals surface area contributed by atoms with E-state index in [2.05, 4.69) is 12.2 Å². The first kappa shape index (κ1) is 10.6. The second-order valence-corrected chi connectivity index (χ2v) is 3.15. The molecule has 3 nitrogen and oxygen atoms in total.